The van der Waals surface area contributed by atoms with Crippen molar-refractivity contribution >= 4 is 12.0 Å². The van der Waals surface area contributed by atoms with Crippen molar-refractivity contribution in [1.82, 2.24) is 10.2 Å². The van der Waals surface area contributed by atoms with Gasteiger partial charge in [0.1, 0.15) is 6.04 Å². The van der Waals surface area contributed by atoms with Crippen LogP contribution in [0, 0.1) is 5.92 Å². The topological polar surface area (TPSA) is 69.6 Å². The Hall–Kier alpha value is -1.26. The molecule has 2 N–H and O–H groups in total. The van der Waals surface area contributed by atoms with Gasteiger partial charge in [-0.1, -0.05) is 19.8 Å². The molecule has 0 radical (unpaired) electrons. The second-order valence-corrected chi connectivity index (χ2v) is 4.73. The molecule has 0 saturated carbocycles. The van der Waals surface area contributed by atoms with E-state index in [9.17, 15) is 9.59 Å². The minimum atomic E-state index is -1.00. The lowest BCUT2D eigenvalue weighted by Gasteiger charge is -2.32. The van der Waals surface area contributed by atoms with E-state index in [0.29, 0.717) is 0 Å². The largest absolute Gasteiger partial charge is 0.480 e. The fraction of sp³-hybridized carbons (Fsp3) is 0.833. The molecular weight excluding hydrogens is 220 g/mol. The van der Waals surface area contributed by atoms with Crippen molar-refractivity contribution in [3.05, 3.63) is 0 Å². The molecule has 0 aromatic heterocycles. The zero-order valence-electron chi connectivity index (χ0n) is 10.6. The molecule has 1 aliphatic rings. The number of carbonyl (C=O) groups is 2. The molecule has 17 heavy (non-hydrogen) atoms. The van der Waals surface area contributed by atoms with Crippen LogP contribution >= 0.6 is 0 Å². The number of carboxylic acids is 1. The van der Waals surface area contributed by atoms with Crippen LogP contribution in [-0.2, 0) is 4.79 Å². The average Bonchev–Trinajstić information content (AvgIpc) is 2.30. The average molecular weight is 242 g/mol. The molecule has 1 rings (SSSR count). The van der Waals surface area contributed by atoms with E-state index in [2.05, 4.69) is 12.2 Å². The predicted octanol–water partition coefficient (Wildman–Crippen LogP) is 1.68. The predicted molar refractivity (Wildman–Crippen MR) is 64.8 cm³/mol. The molecule has 1 saturated heterocycles. The molecule has 1 fully saturated rings. The summed E-state index contributed by atoms with van der Waals surface area (Å²) < 4.78 is 0. The number of hydrogen-bond acceptors (Lipinski definition) is 2. The molecule has 1 atom stereocenters. The Morgan fingerprint density at radius 2 is 2.00 bits per heavy atom. The van der Waals surface area contributed by atoms with Crippen molar-refractivity contribution < 1.29 is 14.7 Å². The number of likely N-dealkylation sites (tertiary alicyclic amines) is 1. The molecule has 0 aliphatic carbocycles. The Morgan fingerprint density at radius 1 is 1.41 bits per heavy atom. The van der Waals surface area contributed by atoms with Gasteiger partial charge in [0.05, 0.1) is 0 Å². The number of rotatable bonds is 4. The molecule has 0 aromatic rings. The maximum atomic E-state index is 11.7. The number of aliphatic carboxylic acids is 1. The van der Waals surface area contributed by atoms with Gasteiger partial charge in [-0.15, -0.1) is 0 Å². The smallest absolute Gasteiger partial charge is 0.325 e. The summed E-state index contributed by atoms with van der Waals surface area (Å²) in [5.41, 5.74) is 0. The van der Waals surface area contributed by atoms with Crippen molar-refractivity contribution in [3.8, 4) is 0 Å². The highest BCUT2D eigenvalue weighted by atomic mass is 16.4. The van der Waals surface area contributed by atoms with E-state index in [0.717, 1.165) is 31.8 Å². The third kappa shape index (κ3) is 4.24. The van der Waals surface area contributed by atoms with Gasteiger partial charge in [-0.3, -0.25) is 4.79 Å². The third-order valence-corrected chi connectivity index (χ3v) is 3.31. The first-order valence-electron chi connectivity index (χ1n) is 6.32. The Bertz CT molecular complexity index is 273. The van der Waals surface area contributed by atoms with Crippen molar-refractivity contribution in [1.29, 1.82) is 0 Å². The van der Waals surface area contributed by atoms with E-state index in [1.165, 1.54) is 19.8 Å². The monoisotopic (exact) mass is 242 g/mol. The van der Waals surface area contributed by atoms with Crippen LogP contribution in [0.5, 0.6) is 0 Å². The van der Waals surface area contributed by atoms with Crippen molar-refractivity contribution in [2.24, 2.45) is 5.92 Å². The van der Waals surface area contributed by atoms with Gasteiger partial charge in [-0.25, -0.2) is 4.79 Å². The van der Waals surface area contributed by atoms with E-state index in [4.69, 9.17) is 5.11 Å². The summed E-state index contributed by atoms with van der Waals surface area (Å²) in [5, 5.41) is 11.2. The van der Waals surface area contributed by atoms with Gasteiger partial charge >= 0.3 is 12.0 Å². The second-order valence-electron chi connectivity index (χ2n) is 4.73. The molecule has 1 aliphatic heterocycles. The maximum Gasteiger partial charge on any atom is 0.325 e. The van der Waals surface area contributed by atoms with Gasteiger partial charge in [-0.05, 0) is 25.7 Å². The van der Waals surface area contributed by atoms with Crippen molar-refractivity contribution in [2.45, 2.75) is 45.6 Å². The Balaban J connectivity index is 2.33. The first kappa shape index (κ1) is 13.8. The first-order valence-corrected chi connectivity index (χ1v) is 6.32. The van der Waals surface area contributed by atoms with E-state index >= 15 is 0 Å². The summed E-state index contributed by atoms with van der Waals surface area (Å²) >= 11 is 0. The van der Waals surface area contributed by atoms with Crippen LogP contribution in [0.4, 0.5) is 4.79 Å². The highest BCUT2D eigenvalue weighted by molar-refractivity contribution is 5.82. The molecule has 98 valence electrons. The Kier molecular flexibility index (Phi) is 5.25. The van der Waals surface area contributed by atoms with Crippen LogP contribution in [0.15, 0.2) is 0 Å². The summed E-state index contributed by atoms with van der Waals surface area (Å²) in [5.74, 6) is -0.278. The van der Waals surface area contributed by atoms with E-state index < -0.39 is 12.0 Å². The molecule has 1 heterocycles. The lowest BCUT2D eigenvalue weighted by atomic mass is 9.93. The summed E-state index contributed by atoms with van der Waals surface area (Å²) in [6.45, 7) is 5.13. The van der Waals surface area contributed by atoms with Crippen LogP contribution < -0.4 is 5.32 Å². The van der Waals surface area contributed by atoms with E-state index in [1.807, 2.05) is 0 Å². The van der Waals surface area contributed by atoms with Crippen LogP contribution in [-0.4, -0.2) is 41.1 Å². The number of hydrogen-bond donors (Lipinski definition) is 2. The van der Waals surface area contributed by atoms with Crippen molar-refractivity contribution in [3.63, 3.8) is 0 Å². The second kappa shape index (κ2) is 6.47. The molecule has 1 unspecified atom stereocenters. The fourth-order valence-corrected chi connectivity index (χ4v) is 2.17. The first-order chi connectivity index (χ1) is 8.04. The molecular formula is C12H22N2O3. The SMILES string of the molecule is CCCC1CCN(C(=O)NC(C)C(=O)O)CC1. The van der Waals surface area contributed by atoms with Crippen molar-refractivity contribution in [2.75, 3.05) is 13.1 Å². The summed E-state index contributed by atoms with van der Waals surface area (Å²) in [4.78, 5) is 24.1. The summed E-state index contributed by atoms with van der Waals surface area (Å²) in [6.07, 6.45) is 4.47. The molecule has 0 spiro atoms. The van der Waals surface area contributed by atoms with E-state index in [-0.39, 0.29) is 6.03 Å². The number of carboxylic acid groups (broad SMARTS) is 1. The Morgan fingerprint density at radius 3 is 2.47 bits per heavy atom. The molecule has 2 amide bonds. The highest BCUT2D eigenvalue weighted by Crippen LogP contribution is 2.21. The van der Waals surface area contributed by atoms with Gasteiger partial charge in [-0.2, -0.15) is 0 Å². The fourth-order valence-electron chi connectivity index (χ4n) is 2.17. The Labute approximate surface area is 102 Å². The third-order valence-electron chi connectivity index (χ3n) is 3.31. The molecule has 5 nitrogen and oxygen atoms in total. The standard InChI is InChI=1S/C12H22N2O3/c1-3-4-10-5-7-14(8-6-10)12(17)13-9(2)11(15)16/h9-10H,3-8H2,1-2H3,(H,13,17)(H,15,16). The van der Waals surface area contributed by atoms with Crippen LogP contribution in [0.2, 0.25) is 0 Å². The van der Waals surface area contributed by atoms with Gasteiger partial charge < -0.3 is 15.3 Å². The molecule has 0 bridgehead atoms. The quantitative estimate of drug-likeness (QED) is 0.788. The van der Waals surface area contributed by atoms with Crippen LogP contribution in [0.25, 0.3) is 0 Å². The van der Waals surface area contributed by atoms with E-state index in [1.54, 1.807) is 4.90 Å². The molecule has 5 heteroatoms. The van der Waals surface area contributed by atoms with Crippen LogP contribution in [0.3, 0.4) is 0 Å². The number of nitrogens with one attached hydrogen (secondary N) is 1. The van der Waals surface area contributed by atoms with Gasteiger partial charge in [0.15, 0.2) is 0 Å². The number of amides is 2. The zero-order valence-corrected chi connectivity index (χ0v) is 10.6. The zero-order chi connectivity index (χ0) is 12.8. The number of urea groups is 1. The highest BCUT2D eigenvalue weighted by Gasteiger charge is 2.24. The summed E-state index contributed by atoms with van der Waals surface area (Å²) in [6, 6.07) is -1.08. The number of carbonyl (C=O) groups excluding carboxylic acids is 1. The molecule has 0 aromatic carbocycles. The summed E-state index contributed by atoms with van der Waals surface area (Å²) in [7, 11) is 0. The number of piperidine rings is 1. The number of nitrogens with zero attached hydrogens (tertiary/aromatic N) is 1. The lowest BCUT2D eigenvalue weighted by molar-refractivity contribution is -0.138. The maximum absolute atomic E-state index is 11.7. The lowest BCUT2D eigenvalue weighted by Crippen LogP contribution is -2.49. The van der Waals surface area contributed by atoms with Gasteiger partial charge in [0.2, 0.25) is 0 Å². The van der Waals surface area contributed by atoms with Gasteiger partial charge in [0, 0.05) is 13.1 Å². The minimum absolute atomic E-state index is 0.255. The normalized spacial score (nSPS) is 18.8. The van der Waals surface area contributed by atoms with Gasteiger partial charge in [0.25, 0.3) is 0 Å². The minimum Gasteiger partial charge on any atom is -0.480 e. The van der Waals surface area contributed by atoms with Crippen LogP contribution in [0.1, 0.15) is 39.5 Å².